The molecule has 2 aromatic heterocycles. The molecule has 3 aromatic rings. The molecule has 1 aliphatic rings. The lowest BCUT2D eigenvalue weighted by molar-refractivity contribution is 0.0939. The van der Waals surface area contributed by atoms with Crippen molar-refractivity contribution < 1.29 is 4.79 Å². The summed E-state index contributed by atoms with van der Waals surface area (Å²) in [7, 11) is 2.19. The third-order valence-electron chi connectivity index (χ3n) is 6.08. The van der Waals surface area contributed by atoms with Gasteiger partial charge in [0.15, 0.2) is 0 Å². The normalized spacial score (nSPS) is 15.0. The van der Waals surface area contributed by atoms with Crippen LogP contribution < -0.4 is 11.1 Å². The van der Waals surface area contributed by atoms with Gasteiger partial charge in [0.2, 0.25) is 0 Å². The van der Waals surface area contributed by atoms with Gasteiger partial charge in [0.25, 0.3) is 5.91 Å². The third kappa shape index (κ3) is 5.61. The third-order valence-corrected chi connectivity index (χ3v) is 6.08. The lowest BCUT2D eigenvalue weighted by Crippen LogP contribution is -2.30. The summed E-state index contributed by atoms with van der Waals surface area (Å²) >= 11 is 0. The molecular weight excluding hydrogens is 388 g/mol. The van der Waals surface area contributed by atoms with Gasteiger partial charge in [0.1, 0.15) is 11.5 Å². The predicted octanol–water partition coefficient (Wildman–Crippen LogP) is 3.70. The van der Waals surface area contributed by atoms with Crippen LogP contribution in [0.4, 0.5) is 5.82 Å². The summed E-state index contributed by atoms with van der Waals surface area (Å²) in [6, 6.07) is 9.67. The first-order valence-corrected chi connectivity index (χ1v) is 10.7. The Labute approximate surface area is 184 Å². The summed E-state index contributed by atoms with van der Waals surface area (Å²) in [5.41, 5.74) is 7.55. The number of anilines is 1. The Balaban J connectivity index is 0.00000272. The van der Waals surface area contributed by atoms with Crippen LogP contribution in [0.5, 0.6) is 0 Å². The number of nitrogens with zero attached hydrogens (tertiary/aromatic N) is 4. The monoisotopic (exact) mass is 422 g/mol. The molecule has 31 heavy (non-hydrogen) atoms. The van der Waals surface area contributed by atoms with Crippen molar-refractivity contribution in [3.63, 3.8) is 0 Å². The van der Waals surface area contributed by atoms with Gasteiger partial charge in [-0.3, -0.25) is 9.48 Å². The number of nitrogen functional groups attached to an aromatic ring is 1. The standard InChI is InChI=1S/C23H30N6O.CH4/c1-28-13-8-17(9-14-28)3-2-12-29-21(7-11-27-29)23(30)26-16-18-4-5-20-19(15-18)6-10-25-22(20)24;/h4-7,10-11,15,17H,2-3,8-9,12-14,16H2,1H3,(H2,24,25)(H,26,30);1H4. The number of amides is 1. The average Bonchev–Trinajstić information content (AvgIpc) is 3.22. The zero-order valence-electron chi connectivity index (χ0n) is 17.6. The van der Waals surface area contributed by atoms with Crippen LogP contribution in [0.3, 0.4) is 0 Å². The van der Waals surface area contributed by atoms with Gasteiger partial charge in [0, 0.05) is 30.9 Å². The molecule has 0 atom stereocenters. The molecule has 1 saturated heterocycles. The molecule has 7 nitrogen and oxygen atoms in total. The van der Waals surface area contributed by atoms with Gasteiger partial charge < -0.3 is 16.0 Å². The number of carbonyl (C=O) groups is 1. The van der Waals surface area contributed by atoms with E-state index in [1.54, 1.807) is 18.5 Å². The Morgan fingerprint density at radius 3 is 2.81 bits per heavy atom. The van der Waals surface area contributed by atoms with Gasteiger partial charge in [0.05, 0.1) is 0 Å². The van der Waals surface area contributed by atoms with Crippen LogP contribution >= 0.6 is 0 Å². The molecule has 0 unspecified atom stereocenters. The average molecular weight is 423 g/mol. The fourth-order valence-corrected chi connectivity index (χ4v) is 4.22. The van der Waals surface area contributed by atoms with E-state index in [0.717, 1.165) is 35.2 Å². The number of rotatable bonds is 7. The Kier molecular flexibility index (Phi) is 7.63. The summed E-state index contributed by atoms with van der Waals surface area (Å²) in [5.74, 6) is 1.22. The minimum Gasteiger partial charge on any atom is -0.383 e. The van der Waals surface area contributed by atoms with E-state index in [-0.39, 0.29) is 13.3 Å². The van der Waals surface area contributed by atoms with Crippen molar-refractivity contribution in [1.82, 2.24) is 25.0 Å². The number of nitrogens with two attached hydrogens (primary N) is 1. The molecule has 1 amide bonds. The molecule has 1 fully saturated rings. The van der Waals surface area contributed by atoms with E-state index < -0.39 is 0 Å². The number of benzene rings is 1. The highest BCUT2D eigenvalue weighted by atomic mass is 16.2. The topological polar surface area (TPSA) is 89.1 Å². The molecule has 1 aromatic carbocycles. The maximum absolute atomic E-state index is 12.7. The lowest BCUT2D eigenvalue weighted by atomic mass is 9.92. The van der Waals surface area contributed by atoms with Gasteiger partial charge in [-0.25, -0.2) is 4.98 Å². The fraction of sp³-hybridized carbons (Fsp3) is 0.458. The lowest BCUT2D eigenvalue weighted by Gasteiger charge is -2.28. The summed E-state index contributed by atoms with van der Waals surface area (Å²) in [5, 5.41) is 9.33. The van der Waals surface area contributed by atoms with E-state index in [4.69, 9.17) is 5.73 Å². The van der Waals surface area contributed by atoms with E-state index >= 15 is 0 Å². The number of hydrogen-bond acceptors (Lipinski definition) is 5. The SMILES string of the molecule is C.CN1CCC(CCCn2nccc2C(=O)NCc2ccc3c(N)nccc3c2)CC1. The van der Waals surface area contributed by atoms with Gasteiger partial charge in [-0.2, -0.15) is 5.10 Å². The molecule has 1 aliphatic heterocycles. The van der Waals surface area contributed by atoms with Crippen molar-refractivity contribution in [2.24, 2.45) is 5.92 Å². The van der Waals surface area contributed by atoms with Crippen LogP contribution in [0, 0.1) is 5.92 Å². The van der Waals surface area contributed by atoms with Crippen LogP contribution in [0.1, 0.15) is 49.2 Å². The second-order valence-corrected chi connectivity index (χ2v) is 8.26. The molecule has 0 bridgehead atoms. The first-order chi connectivity index (χ1) is 14.6. The van der Waals surface area contributed by atoms with Gasteiger partial charge in [-0.1, -0.05) is 19.6 Å². The molecule has 166 valence electrons. The van der Waals surface area contributed by atoms with Crippen LogP contribution in [0.25, 0.3) is 10.8 Å². The fourth-order valence-electron chi connectivity index (χ4n) is 4.22. The van der Waals surface area contributed by atoms with E-state index in [1.807, 2.05) is 28.9 Å². The maximum atomic E-state index is 12.7. The number of hydrogen-bond donors (Lipinski definition) is 2. The first kappa shape index (κ1) is 22.7. The summed E-state index contributed by atoms with van der Waals surface area (Å²) in [6.45, 7) is 3.62. The van der Waals surface area contributed by atoms with E-state index in [2.05, 4.69) is 27.3 Å². The number of likely N-dealkylation sites (tertiary alicyclic amines) is 1. The number of aryl methyl sites for hydroxylation is 1. The number of nitrogens with one attached hydrogen (secondary N) is 1. The molecule has 3 N–H and O–H groups in total. The van der Waals surface area contributed by atoms with Crippen molar-refractivity contribution >= 4 is 22.5 Å². The second-order valence-electron chi connectivity index (χ2n) is 8.26. The Morgan fingerprint density at radius 2 is 2.00 bits per heavy atom. The van der Waals surface area contributed by atoms with Crippen molar-refractivity contribution in [3.8, 4) is 0 Å². The van der Waals surface area contributed by atoms with E-state index in [9.17, 15) is 4.79 Å². The van der Waals surface area contributed by atoms with Crippen LogP contribution in [0.2, 0.25) is 0 Å². The molecular formula is C24H34N6O. The number of carbonyl (C=O) groups excluding carboxylic acids is 1. The van der Waals surface area contributed by atoms with Crippen molar-refractivity contribution in [2.75, 3.05) is 25.9 Å². The van der Waals surface area contributed by atoms with Gasteiger partial charge >= 0.3 is 0 Å². The number of aromatic nitrogens is 3. The number of pyridine rings is 1. The Morgan fingerprint density at radius 1 is 1.19 bits per heavy atom. The number of fused-ring (bicyclic) bond motifs is 1. The van der Waals surface area contributed by atoms with Gasteiger partial charge in [-0.15, -0.1) is 0 Å². The summed E-state index contributed by atoms with van der Waals surface area (Å²) in [6.07, 6.45) is 8.20. The first-order valence-electron chi connectivity index (χ1n) is 10.7. The van der Waals surface area contributed by atoms with Crippen molar-refractivity contribution in [2.45, 2.75) is 46.2 Å². The predicted molar refractivity (Wildman–Crippen MR) is 126 cm³/mol. The Hall–Kier alpha value is -2.93. The minimum atomic E-state index is -0.0962. The zero-order chi connectivity index (χ0) is 20.9. The highest BCUT2D eigenvalue weighted by molar-refractivity contribution is 5.93. The maximum Gasteiger partial charge on any atom is 0.269 e. The second kappa shape index (κ2) is 10.4. The van der Waals surface area contributed by atoms with E-state index in [0.29, 0.717) is 18.1 Å². The molecule has 0 spiro atoms. The zero-order valence-corrected chi connectivity index (χ0v) is 17.6. The number of piperidine rings is 1. The molecule has 4 rings (SSSR count). The van der Waals surface area contributed by atoms with Crippen LogP contribution in [-0.4, -0.2) is 45.7 Å². The minimum absolute atomic E-state index is 0. The smallest absolute Gasteiger partial charge is 0.269 e. The largest absolute Gasteiger partial charge is 0.383 e. The highest BCUT2D eigenvalue weighted by Gasteiger charge is 2.17. The summed E-state index contributed by atoms with van der Waals surface area (Å²) in [4.78, 5) is 19.2. The highest BCUT2D eigenvalue weighted by Crippen LogP contribution is 2.22. The Bertz CT molecular complexity index is 1010. The summed E-state index contributed by atoms with van der Waals surface area (Å²) < 4.78 is 1.83. The van der Waals surface area contributed by atoms with Crippen molar-refractivity contribution in [1.29, 1.82) is 0 Å². The molecule has 7 heteroatoms. The molecule has 0 radical (unpaired) electrons. The molecule has 0 saturated carbocycles. The van der Waals surface area contributed by atoms with Crippen molar-refractivity contribution in [3.05, 3.63) is 54.0 Å². The van der Waals surface area contributed by atoms with Gasteiger partial charge in [-0.05, 0) is 80.9 Å². The van der Waals surface area contributed by atoms with Crippen LogP contribution in [0.15, 0.2) is 42.7 Å². The van der Waals surface area contributed by atoms with E-state index in [1.165, 1.54) is 32.4 Å². The quantitative estimate of drug-likeness (QED) is 0.606. The molecule has 0 aliphatic carbocycles. The van der Waals surface area contributed by atoms with Crippen LogP contribution in [-0.2, 0) is 13.1 Å². The molecule has 3 heterocycles.